The Balaban J connectivity index is 1.41. The lowest BCUT2D eigenvalue weighted by atomic mass is 10.2. The molecule has 24 heavy (non-hydrogen) atoms. The van der Waals surface area contributed by atoms with E-state index in [9.17, 15) is 4.79 Å². The third-order valence-electron chi connectivity index (χ3n) is 4.21. The molecule has 1 amide bonds. The predicted octanol–water partition coefficient (Wildman–Crippen LogP) is 1.74. The van der Waals surface area contributed by atoms with Gasteiger partial charge in [0.05, 0.1) is 0 Å². The highest BCUT2D eigenvalue weighted by Crippen LogP contribution is 2.32. The van der Waals surface area contributed by atoms with Crippen LogP contribution < -0.4 is 19.7 Å². The molecule has 1 N–H and O–H groups in total. The fourth-order valence-corrected chi connectivity index (χ4v) is 2.91. The maximum Gasteiger partial charge on any atom is 0.270 e. The first-order valence-corrected chi connectivity index (χ1v) is 8.03. The monoisotopic (exact) mass is 326 g/mol. The third kappa shape index (κ3) is 2.97. The summed E-state index contributed by atoms with van der Waals surface area (Å²) < 4.78 is 10.6. The lowest BCUT2D eigenvalue weighted by molar-refractivity contribution is 0.0945. The maximum absolute atomic E-state index is 12.3. The second-order valence-corrected chi connectivity index (χ2v) is 5.83. The Morgan fingerprint density at radius 3 is 2.83 bits per heavy atom. The number of rotatable bonds is 4. The molecule has 0 atom stereocenters. The zero-order valence-corrected chi connectivity index (χ0v) is 13.2. The minimum atomic E-state index is -0.212. The third-order valence-corrected chi connectivity index (χ3v) is 4.21. The van der Waals surface area contributed by atoms with Gasteiger partial charge in [-0.05, 0) is 30.5 Å². The molecule has 2 aromatic rings. The number of nitrogens with zero attached hydrogens (tertiary/aromatic N) is 3. The average molecular weight is 326 g/mol. The van der Waals surface area contributed by atoms with Crippen LogP contribution in [-0.2, 0) is 6.54 Å². The summed E-state index contributed by atoms with van der Waals surface area (Å²) in [5.41, 5.74) is 1.33. The molecule has 2 aliphatic heterocycles. The van der Waals surface area contributed by atoms with E-state index in [4.69, 9.17) is 9.47 Å². The summed E-state index contributed by atoms with van der Waals surface area (Å²) in [6, 6.07) is 7.38. The van der Waals surface area contributed by atoms with E-state index in [-0.39, 0.29) is 12.7 Å². The fraction of sp³-hybridized carbons (Fsp3) is 0.353. The van der Waals surface area contributed by atoms with Gasteiger partial charge in [-0.2, -0.15) is 0 Å². The van der Waals surface area contributed by atoms with Crippen LogP contribution in [0.4, 0.5) is 5.82 Å². The summed E-state index contributed by atoms with van der Waals surface area (Å²) in [6.07, 6.45) is 3.77. The molecule has 7 nitrogen and oxygen atoms in total. The zero-order valence-electron chi connectivity index (χ0n) is 13.2. The molecule has 7 heteroatoms. The van der Waals surface area contributed by atoms with Gasteiger partial charge in [-0.25, -0.2) is 9.97 Å². The SMILES string of the molecule is O=C(NCc1ccc2c(c1)OCO2)c1cc(N2CCCC2)ncn1. The number of aromatic nitrogens is 2. The number of amides is 1. The van der Waals surface area contributed by atoms with Crippen molar-refractivity contribution in [3.63, 3.8) is 0 Å². The van der Waals surface area contributed by atoms with Crippen LogP contribution in [0, 0.1) is 0 Å². The van der Waals surface area contributed by atoms with Gasteiger partial charge in [0.1, 0.15) is 17.8 Å². The van der Waals surface area contributed by atoms with Crippen molar-refractivity contribution in [2.24, 2.45) is 0 Å². The topological polar surface area (TPSA) is 76.6 Å². The molecule has 1 fully saturated rings. The van der Waals surface area contributed by atoms with Gasteiger partial charge in [-0.3, -0.25) is 4.79 Å². The van der Waals surface area contributed by atoms with Crippen molar-refractivity contribution in [2.75, 3.05) is 24.8 Å². The number of benzene rings is 1. The highest BCUT2D eigenvalue weighted by atomic mass is 16.7. The number of carbonyl (C=O) groups is 1. The molecule has 1 aromatic carbocycles. The number of ether oxygens (including phenoxy) is 2. The van der Waals surface area contributed by atoms with Crippen molar-refractivity contribution >= 4 is 11.7 Å². The highest BCUT2D eigenvalue weighted by molar-refractivity contribution is 5.92. The summed E-state index contributed by atoms with van der Waals surface area (Å²) in [6.45, 7) is 2.61. The summed E-state index contributed by atoms with van der Waals surface area (Å²) in [5, 5.41) is 2.88. The molecular weight excluding hydrogens is 308 g/mol. The molecular formula is C17H18N4O3. The predicted molar refractivity (Wildman–Crippen MR) is 87.2 cm³/mol. The standard InChI is InChI=1S/C17H18N4O3/c22-17(13-8-16(20-10-19-13)21-5-1-2-6-21)18-9-12-3-4-14-15(7-12)24-11-23-14/h3-4,7-8,10H,1-2,5-6,9,11H2,(H,18,22). The second-order valence-electron chi connectivity index (χ2n) is 5.83. The van der Waals surface area contributed by atoms with E-state index in [1.807, 2.05) is 18.2 Å². The number of nitrogens with one attached hydrogen (secondary N) is 1. The van der Waals surface area contributed by atoms with Gasteiger partial charge < -0.3 is 19.7 Å². The number of anilines is 1. The Bertz CT molecular complexity index is 759. The number of hydrogen-bond acceptors (Lipinski definition) is 6. The zero-order chi connectivity index (χ0) is 16.4. The molecule has 0 spiro atoms. The van der Waals surface area contributed by atoms with Crippen LogP contribution in [0.15, 0.2) is 30.6 Å². The first-order chi connectivity index (χ1) is 11.8. The van der Waals surface area contributed by atoms with E-state index in [2.05, 4.69) is 20.2 Å². The van der Waals surface area contributed by atoms with Gasteiger partial charge in [0.15, 0.2) is 11.5 Å². The van der Waals surface area contributed by atoms with Gasteiger partial charge in [0, 0.05) is 25.7 Å². The molecule has 2 aliphatic rings. The van der Waals surface area contributed by atoms with E-state index in [0.29, 0.717) is 18.0 Å². The average Bonchev–Trinajstić information content (AvgIpc) is 3.30. The van der Waals surface area contributed by atoms with Crippen molar-refractivity contribution in [1.29, 1.82) is 0 Å². The normalized spacial score (nSPS) is 15.6. The van der Waals surface area contributed by atoms with E-state index in [1.54, 1.807) is 6.07 Å². The van der Waals surface area contributed by atoms with Crippen molar-refractivity contribution in [1.82, 2.24) is 15.3 Å². The molecule has 0 aliphatic carbocycles. The minimum absolute atomic E-state index is 0.212. The van der Waals surface area contributed by atoms with E-state index >= 15 is 0 Å². The van der Waals surface area contributed by atoms with Gasteiger partial charge in [0.25, 0.3) is 5.91 Å². The van der Waals surface area contributed by atoms with Crippen LogP contribution in [0.2, 0.25) is 0 Å². The second kappa shape index (κ2) is 6.35. The van der Waals surface area contributed by atoms with Crippen LogP contribution in [0.1, 0.15) is 28.9 Å². The molecule has 124 valence electrons. The van der Waals surface area contributed by atoms with Crippen LogP contribution in [0.5, 0.6) is 11.5 Å². The van der Waals surface area contributed by atoms with Crippen molar-refractivity contribution < 1.29 is 14.3 Å². The summed E-state index contributed by atoms with van der Waals surface area (Å²) in [5.74, 6) is 2.04. The van der Waals surface area contributed by atoms with Gasteiger partial charge in [-0.1, -0.05) is 6.07 Å². The summed E-state index contributed by atoms with van der Waals surface area (Å²) in [4.78, 5) is 22.9. The molecule has 0 bridgehead atoms. The number of carbonyl (C=O) groups excluding carboxylic acids is 1. The maximum atomic E-state index is 12.3. The lowest BCUT2D eigenvalue weighted by Crippen LogP contribution is -2.25. The highest BCUT2D eigenvalue weighted by Gasteiger charge is 2.17. The van der Waals surface area contributed by atoms with Gasteiger partial charge >= 0.3 is 0 Å². The molecule has 4 rings (SSSR count). The summed E-state index contributed by atoms with van der Waals surface area (Å²) in [7, 11) is 0. The molecule has 1 aromatic heterocycles. The first-order valence-electron chi connectivity index (χ1n) is 8.03. The Morgan fingerprint density at radius 2 is 1.96 bits per heavy atom. The molecule has 3 heterocycles. The van der Waals surface area contributed by atoms with Crippen LogP contribution in [0.25, 0.3) is 0 Å². The van der Waals surface area contributed by atoms with Crippen LogP contribution in [-0.4, -0.2) is 35.8 Å². The minimum Gasteiger partial charge on any atom is -0.454 e. The molecule has 0 radical (unpaired) electrons. The quantitative estimate of drug-likeness (QED) is 0.922. The Labute approximate surface area is 139 Å². The molecule has 1 saturated heterocycles. The molecule has 0 unspecified atom stereocenters. The lowest BCUT2D eigenvalue weighted by Gasteiger charge is -2.16. The van der Waals surface area contributed by atoms with Gasteiger partial charge in [0.2, 0.25) is 6.79 Å². The fourth-order valence-electron chi connectivity index (χ4n) is 2.91. The van der Waals surface area contributed by atoms with Crippen LogP contribution in [0.3, 0.4) is 0 Å². The van der Waals surface area contributed by atoms with Gasteiger partial charge in [-0.15, -0.1) is 0 Å². The number of hydrogen-bond donors (Lipinski definition) is 1. The van der Waals surface area contributed by atoms with E-state index in [1.165, 1.54) is 6.33 Å². The first kappa shape index (κ1) is 14.7. The Morgan fingerprint density at radius 1 is 1.12 bits per heavy atom. The number of fused-ring (bicyclic) bond motifs is 1. The Kier molecular flexibility index (Phi) is 3.90. The van der Waals surface area contributed by atoms with Crippen molar-refractivity contribution in [3.05, 3.63) is 41.9 Å². The smallest absolute Gasteiger partial charge is 0.270 e. The van der Waals surface area contributed by atoms with Crippen LogP contribution >= 0.6 is 0 Å². The molecule has 0 saturated carbocycles. The van der Waals surface area contributed by atoms with Crippen molar-refractivity contribution in [3.8, 4) is 11.5 Å². The van der Waals surface area contributed by atoms with Crippen molar-refractivity contribution in [2.45, 2.75) is 19.4 Å². The van der Waals surface area contributed by atoms with E-state index in [0.717, 1.165) is 43.1 Å². The Hall–Kier alpha value is -2.83. The largest absolute Gasteiger partial charge is 0.454 e. The van der Waals surface area contributed by atoms with E-state index < -0.39 is 0 Å². The summed E-state index contributed by atoms with van der Waals surface area (Å²) >= 11 is 0.